The third kappa shape index (κ3) is 3.37. The van der Waals surface area contributed by atoms with Crippen LogP contribution >= 0.6 is 0 Å². The standard InChI is InChI=1S/C14H16N2O4/c1-18-8-10-3-2-4-11(7-10)20-9-13-12(5-6-19-13)14(17)16-15/h2-7H,8-9,15H2,1H3,(H,16,17). The van der Waals surface area contributed by atoms with Crippen molar-refractivity contribution in [3.05, 3.63) is 53.5 Å². The first-order valence-corrected chi connectivity index (χ1v) is 6.02. The minimum absolute atomic E-state index is 0.145. The maximum absolute atomic E-state index is 11.5. The van der Waals surface area contributed by atoms with E-state index in [9.17, 15) is 4.79 Å². The average molecular weight is 276 g/mol. The number of rotatable bonds is 6. The third-order valence-electron chi connectivity index (χ3n) is 2.70. The summed E-state index contributed by atoms with van der Waals surface area (Å²) in [5.74, 6) is 5.78. The van der Waals surface area contributed by atoms with Crippen LogP contribution in [0, 0.1) is 0 Å². The number of nitrogen functional groups attached to an aromatic ring is 1. The molecule has 1 aromatic carbocycles. The Labute approximate surface area is 116 Å². The van der Waals surface area contributed by atoms with Gasteiger partial charge in [0.1, 0.15) is 12.4 Å². The molecule has 0 aliphatic heterocycles. The molecule has 20 heavy (non-hydrogen) atoms. The summed E-state index contributed by atoms with van der Waals surface area (Å²) < 4.78 is 15.9. The molecule has 6 heteroatoms. The fraction of sp³-hybridized carbons (Fsp3) is 0.214. The van der Waals surface area contributed by atoms with Gasteiger partial charge >= 0.3 is 0 Å². The van der Waals surface area contributed by atoms with Gasteiger partial charge in [-0.1, -0.05) is 12.1 Å². The molecule has 1 aromatic heterocycles. The van der Waals surface area contributed by atoms with E-state index in [2.05, 4.69) is 5.43 Å². The molecule has 0 unspecified atom stereocenters. The van der Waals surface area contributed by atoms with Crippen LogP contribution < -0.4 is 16.0 Å². The highest BCUT2D eigenvalue weighted by molar-refractivity contribution is 5.94. The molecule has 0 saturated carbocycles. The van der Waals surface area contributed by atoms with Crippen molar-refractivity contribution < 1.29 is 18.7 Å². The van der Waals surface area contributed by atoms with Gasteiger partial charge in [-0.05, 0) is 23.8 Å². The lowest BCUT2D eigenvalue weighted by Gasteiger charge is -2.07. The van der Waals surface area contributed by atoms with Crippen molar-refractivity contribution in [1.29, 1.82) is 0 Å². The molecule has 0 radical (unpaired) electrons. The van der Waals surface area contributed by atoms with E-state index in [0.717, 1.165) is 5.56 Å². The summed E-state index contributed by atoms with van der Waals surface area (Å²) in [6.07, 6.45) is 1.42. The van der Waals surface area contributed by atoms with Crippen LogP contribution in [0.15, 0.2) is 41.0 Å². The van der Waals surface area contributed by atoms with Crippen LogP contribution in [0.1, 0.15) is 21.7 Å². The lowest BCUT2D eigenvalue weighted by Crippen LogP contribution is -2.30. The first-order chi connectivity index (χ1) is 9.74. The largest absolute Gasteiger partial charge is 0.486 e. The number of hydrogen-bond acceptors (Lipinski definition) is 5. The van der Waals surface area contributed by atoms with Crippen LogP contribution in [0.4, 0.5) is 0 Å². The summed E-state index contributed by atoms with van der Waals surface area (Å²) >= 11 is 0. The molecule has 1 amide bonds. The topological polar surface area (TPSA) is 86.7 Å². The number of nitrogens with two attached hydrogens (primary N) is 1. The van der Waals surface area contributed by atoms with Crippen LogP contribution in [0.2, 0.25) is 0 Å². The first kappa shape index (κ1) is 14.1. The Kier molecular flexibility index (Phi) is 4.75. The van der Waals surface area contributed by atoms with Crippen LogP contribution in [-0.2, 0) is 18.0 Å². The van der Waals surface area contributed by atoms with Gasteiger partial charge in [0.15, 0.2) is 5.76 Å². The zero-order chi connectivity index (χ0) is 14.4. The van der Waals surface area contributed by atoms with E-state index in [0.29, 0.717) is 23.7 Å². The summed E-state index contributed by atoms with van der Waals surface area (Å²) in [6, 6.07) is 9.05. The van der Waals surface area contributed by atoms with E-state index in [4.69, 9.17) is 19.7 Å². The van der Waals surface area contributed by atoms with Crippen LogP contribution in [-0.4, -0.2) is 13.0 Å². The zero-order valence-corrected chi connectivity index (χ0v) is 11.1. The maximum Gasteiger partial charge on any atom is 0.268 e. The molecule has 2 aromatic rings. The van der Waals surface area contributed by atoms with Gasteiger partial charge in [0.05, 0.1) is 18.4 Å². The fourth-order valence-electron chi connectivity index (χ4n) is 1.77. The quantitative estimate of drug-likeness (QED) is 0.475. The number of carbonyl (C=O) groups excluding carboxylic acids is 1. The number of nitrogens with one attached hydrogen (secondary N) is 1. The number of benzene rings is 1. The second kappa shape index (κ2) is 6.74. The molecular weight excluding hydrogens is 260 g/mol. The Morgan fingerprint density at radius 3 is 2.95 bits per heavy atom. The van der Waals surface area contributed by atoms with Gasteiger partial charge in [0.2, 0.25) is 0 Å². The zero-order valence-electron chi connectivity index (χ0n) is 11.1. The predicted molar refractivity (Wildman–Crippen MR) is 71.8 cm³/mol. The second-order valence-electron chi connectivity index (χ2n) is 4.10. The van der Waals surface area contributed by atoms with E-state index >= 15 is 0 Å². The molecule has 0 atom stereocenters. The number of carbonyl (C=O) groups is 1. The minimum atomic E-state index is -0.412. The molecule has 2 rings (SSSR count). The fourth-order valence-corrected chi connectivity index (χ4v) is 1.77. The van der Waals surface area contributed by atoms with Crippen molar-refractivity contribution in [1.82, 2.24) is 5.43 Å². The predicted octanol–water partition coefficient (Wildman–Crippen LogP) is 1.61. The summed E-state index contributed by atoms with van der Waals surface area (Å²) in [5, 5.41) is 0. The Morgan fingerprint density at radius 2 is 2.20 bits per heavy atom. The molecule has 0 bridgehead atoms. The molecule has 6 nitrogen and oxygen atoms in total. The average Bonchev–Trinajstić information content (AvgIpc) is 2.93. The van der Waals surface area contributed by atoms with E-state index in [1.807, 2.05) is 24.3 Å². The van der Waals surface area contributed by atoms with Crippen molar-refractivity contribution in [3.63, 3.8) is 0 Å². The van der Waals surface area contributed by atoms with Crippen LogP contribution in [0.5, 0.6) is 5.75 Å². The monoisotopic (exact) mass is 276 g/mol. The summed E-state index contributed by atoms with van der Waals surface area (Å²) in [4.78, 5) is 11.5. The van der Waals surface area contributed by atoms with Gasteiger partial charge in [0, 0.05) is 7.11 Å². The Bertz CT molecular complexity index is 580. The SMILES string of the molecule is COCc1cccc(OCc2occc2C(=O)NN)c1. The van der Waals surface area contributed by atoms with Crippen LogP contribution in [0.3, 0.4) is 0 Å². The number of amides is 1. The number of methoxy groups -OCH3 is 1. The highest BCUT2D eigenvalue weighted by atomic mass is 16.5. The molecule has 0 fully saturated rings. The lowest BCUT2D eigenvalue weighted by atomic mass is 10.2. The van der Waals surface area contributed by atoms with Crippen molar-refractivity contribution in [2.24, 2.45) is 5.84 Å². The van der Waals surface area contributed by atoms with Gasteiger partial charge < -0.3 is 13.9 Å². The molecule has 0 aliphatic carbocycles. The van der Waals surface area contributed by atoms with Gasteiger partial charge in [-0.3, -0.25) is 10.2 Å². The number of ether oxygens (including phenoxy) is 2. The Hall–Kier alpha value is -2.31. The normalized spacial score (nSPS) is 10.3. The maximum atomic E-state index is 11.5. The molecular formula is C14H16N2O4. The van der Waals surface area contributed by atoms with Gasteiger partial charge in [-0.15, -0.1) is 0 Å². The molecule has 1 heterocycles. The van der Waals surface area contributed by atoms with Crippen molar-refractivity contribution in [2.45, 2.75) is 13.2 Å². The summed E-state index contributed by atoms with van der Waals surface area (Å²) in [6.45, 7) is 0.658. The van der Waals surface area contributed by atoms with Crippen molar-refractivity contribution >= 4 is 5.91 Å². The first-order valence-electron chi connectivity index (χ1n) is 6.02. The third-order valence-corrected chi connectivity index (χ3v) is 2.70. The minimum Gasteiger partial charge on any atom is -0.486 e. The molecule has 106 valence electrons. The Balaban J connectivity index is 2.03. The van der Waals surface area contributed by atoms with Gasteiger partial charge in [0.25, 0.3) is 5.91 Å². The smallest absolute Gasteiger partial charge is 0.268 e. The number of hydrogen-bond donors (Lipinski definition) is 2. The number of furan rings is 1. The molecule has 0 aliphatic rings. The summed E-state index contributed by atoms with van der Waals surface area (Å²) in [5.41, 5.74) is 3.43. The molecule has 0 saturated heterocycles. The number of hydrazine groups is 1. The van der Waals surface area contributed by atoms with Gasteiger partial charge in [-0.25, -0.2) is 5.84 Å². The second-order valence-corrected chi connectivity index (χ2v) is 4.10. The van der Waals surface area contributed by atoms with Crippen LogP contribution in [0.25, 0.3) is 0 Å². The van der Waals surface area contributed by atoms with Crippen molar-refractivity contribution in [2.75, 3.05) is 7.11 Å². The molecule has 3 N–H and O–H groups in total. The molecule has 0 spiro atoms. The van der Waals surface area contributed by atoms with E-state index in [1.165, 1.54) is 6.26 Å². The highest BCUT2D eigenvalue weighted by Gasteiger charge is 2.14. The van der Waals surface area contributed by atoms with E-state index in [1.54, 1.807) is 13.2 Å². The highest BCUT2D eigenvalue weighted by Crippen LogP contribution is 2.18. The van der Waals surface area contributed by atoms with E-state index in [-0.39, 0.29) is 6.61 Å². The van der Waals surface area contributed by atoms with E-state index < -0.39 is 5.91 Å². The summed E-state index contributed by atoms with van der Waals surface area (Å²) in [7, 11) is 1.63. The van der Waals surface area contributed by atoms with Crippen molar-refractivity contribution in [3.8, 4) is 5.75 Å². The Morgan fingerprint density at radius 1 is 1.35 bits per heavy atom. The lowest BCUT2D eigenvalue weighted by molar-refractivity contribution is 0.0949. The van der Waals surface area contributed by atoms with Gasteiger partial charge in [-0.2, -0.15) is 0 Å².